The molecule has 10 heavy (non-hydrogen) atoms. The molecule has 0 aromatic rings. The zero-order chi connectivity index (χ0) is 7.56. The van der Waals surface area contributed by atoms with Crippen molar-refractivity contribution >= 4 is 5.97 Å². The molecule has 1 heterocycles. The van der Waals surface area contributed by atoms with Crippen LogP contribution in [0.15, 0.2) is 12.7 Å². The Kier molecular flexibility index (Phi) is 2.06. The van der Waals surface area contributed by atoms with Crippen LogP contribution in [0.3, 0.4) is 0 Å². The fraction of sp³-hybridized carbons (Fsp3) is 0.571. The van der Waals surface area contributed by atoms with E-state index >= 15 is 0 Å². The molecule has 1 fully saturated rings. The Morgan fingerprint density at radius 2 is 2.50 bits per heavy atom. The van der Waals surface area contributed by atoms with E-state index < -0.39 is 5.97 Å². The number of carboxylic acid groups (broad SMARTS) is 1. The fourth-order valence-electron chi connectivity index (χ4n) is 1.13. The fourth-order valence-corrected chi connectivity index (χ4v) is 1.13. The molecule has 0 amide bonds. The van der Waals surface area contributed by atoms with Gasteiger partial charge in [-0.15, -0.1) is 6.58 Å². The summed E-state index contributed by atoms with van der Waals surface area (Å²) >= 11 is 0. The largest absolute Gasteiger partial charge is 0.480 e. The molecule has 0 spiro atoms. The van der Waals surface area contributed by atoms with Crippen molar-refractivity contribution < 1.29 is 9.90 Å². The number of nitrogens with one attached hydrogen (secondary N) is 1. The average molecular weight is 141 g/mol. The molecule has 1 aliphatic rings. The highest BCUT2D eigenvalue weighted by molar-refractivity contribution is 5.73. The van der Waals surface area contributed by atoms with Crippen molar-refractivity contribution in [2.45, 2.75) is 12.5 Å². The van der Waals surface area contributed by atoms with Crippen molar-refractivity contribution in [2.24, 2.45) is 5.92 Å². The number of carboxylic acids is 1. The Bertz CT molecular complexity index is 156. The van der Waals surface area contributed by atoms with Crippen molar-refractivity contribution in [3.05, 3.63) is 12.7 Å². The highest BCUT2D eigenvalue weighted by atomic mass is 16.4. The van der Waals surface area contributed by atoms with Gasteiger partial charge in [0.1, 0.15) is 6.04 Å². The SMILES string of the molecule is C=CC1CN[C@H](C(=O)O)C1. The molecular formula is C7H11NO2. The quantitative estimate of drug-likeness (QED) is 0.541. The van der Waals surface area contributed by atoms with E-state index in [0.29, 0.717) is 12.3 Å². The minimum Gasteiger partial charge on any atom is -0.480 e. The van der Waals surface area contributed by atoms with Crippen LogP contribution in [-0.4, -0.2) is 23.7 Å². The summed E-state index contributed by atoms with van der Waals surface area (Å²) in [6.07, 6.45) is 2.48. The maximum atomic E-state index is 10.4. The molecule has 0 aromatic heterocycles. The lowest BCUT2D eigenvalue weighted by Crippen LogP contribution is -2.29. The van der Waals surface area contributed by atoms with E-state index in [1.54, 1.807) is 6.08 Å². The summed E-state index contributed by atoms with van der Waals surface area (Å²) in [7, 11) is 0. The molecule has 1 rings (SSSR count). The van der Waals surface area contributed by atoms with Gasteiger partial charge in [0.15, 0.2) is 0 Å². The van der Waals surface area contributed by atoms with Crippen LogP contribution in [0.4, 0.5) is 0 Å². The lowest BCUT2D eigenvalue weighted by Gasteiger charge is -2.00. The maximum Gasteiger partial charge on any atom is 0.320 e. The number of aliphatic carboxylic acids is 1. The van der Waals surface area contributed by atoms with Gasteiger partial charge in [-0.25, -0.2) is 0 Å². The number of carbonyl (C=O) groups is 1. The Balaban J connectivity index is 2.42. The monoisotopic (exact) mass is 141 g/mol. The first-order valence-electron chi connectivity index (χ1n) is 3.32. The second-order valence-corrected chi connectivity index (χ2v) is 2.53. The van der Waals surface area contributed by atoms with E-state index in [2.05, 4.69) is 11.9 Å². The smallest absolute Gasteiger partial charge is 0.320 e. The lowest BCUT2D eigenvalue weighted by molar-refractivity contribution is -0.139. The third kappa shape index (κ3) is 1.36. The molecule has 0 aromatic carbocycles. The van der Waals surface area contributed by atoms with Crippen LogP contribution in [-0.2, 0) is 4.79 Å². The van der Waals surface area contributed by atoms with E-state index in [-0.39, 0.29) is 6.04 Å². The summed E-state index contributed by atoms with van der Waals surface area (Å²) in [5.74, 6) is -0.426. The predicted molar refractivity (Wildman–Crippen MR) is 37.7 cm³/mol. The Labute approximate surface area is 59.7 Å². The van der Waals surface area contributed by atoms with Crippen molar-refractivity contribution in [1.29, 1.82) is 0 Å². The van der Waals surface area contributed by atoms with E-state index in [4.69, 9.17) is 5.11 Å². The molecule has 0 bridgehead atoms. The average Bonchev–Trinajstić information content (AvgIpc) is 2.34. The second-order valence-electron chi connectivity index (χ2n) is 2.53. The second kappa shape index (κ2) is 2.84. The van der Waals surface area contributed by atoms with E-state index in [1.807, 2.05) is 0 Å². The van der Waals surface area contributed by atoms with Crippen LogP contribution in [0.1, 0.15) is 6.42 Å². The van der Waals surface area contributed by atoms with Gasteiger partial charge in [0.05, 0.1) is 0 Å². The molecule has 3 heteroatoms. The molecule has 2 atom stereocenters. The number of hydrogen-bond acceptors (Lipinski definition) is 2. The Morgan fingerprint density at radius 1 is 1.80 bits per heavy atom. The van der Waals surface area contributed by atoms with Gasteiger partial charge in [0, 0.05) is 6.54 Å². The van der Waals surface area contributed by atoms with Crippen molar-refractivity contribution in [3.8, 4) is 0 Å². The minimum absolute atomic E-state index is 0.334. The van der Waals surface area contributed by atoms with Crippen LogP contribution in [0, 0.1) is 5.92 Å². The Morgan fingerprint density at radius 3 is 2.80 bits per heavy atom. The van der Waals surface area contributed by atoms with Gasteiger partial charge < -0.3 is 10.4 Å². The third-order valence-electron chi connectivity index (χ3n) is 1.80. The summed E-state index contributed by atoms with van der Waals surface area (Å²) in [5.41, 5.74) is 0. The lowest BCUT2D eigenvalue weighted by atomic mass is 10.1. The van der Waals surface area contributed by atoms with Crippen molar-refractivity contribution in [3.63, 3.8) is 0 Å². The van der Waals surface area contributed by atoms with Gasteiger partial charge in [-0.05, 0) is 12.3 Å². The molecule has 0 radical (unpaired) electrons. The van der Waals surface area contributed by atoms with E-state index in [9.17, 15) is 4.79 Å². The van der Waals surface area contributed by atoms with Crippen molar-refractivity contribution in [1.82, 2.24) is 5.32 Å². The van der Waals surface area contributed by atoms with Crippen molar-refractivity contribution in [2.75, 3.05) is 6.54 Å². The molecule has 1 unspecified atom stereocenters. The first-order valence-corrected chi connectivity index (χ1v) is 3.32. The summed E-state index contributed by atoms with van der Waals surface area (Å²) in [6, 6.07) is -0.358. The maximum absolute atomic E-state index is 10.4. The zero-order valence-corrected chi connectivity index (χ0v) is 5.71. The molecule has 56 valence electrons. The third-order valence-corrected chi connectivity index (χ3v) is 1.80. The molecular weight excluding hydrogens is 130 g/mol. The van der Waals surface area contributed by atoms with Gasteiger partial charge in [-0.1, -0.05) is 6.08 Å². The normalized spacial score (nSPS) is 32.0. The molecule has 0 saturated carbocycles. The summed E-state index contributed by atoms with van der Waals surface area (Å²) in [4.78, 5) is 10.4. The molecule has 0 aliphatic carbocycles. The zero-order valence-electron chi connectivity index (χ0n) is 5.71. The standard InChI is InChI=1S/C7H11NO2/c1-2-5-3-6(7(9)10)8-4-5/h2,5-6,8H,1,3-4H2,(H,9,10)/t5?,6-/m0/s1. The minimum atomic E-state index is -0.760. The predicted octanol–water partition coefficient (Wildman–Crippen LogP) is 0.235. The van der Waals surface area contributed by atoms with E-state index in [0.717, 1.165) is 6.54 Å². The first kappa shape index (κ1) is 7.28. The van der Waals surface area contributed by atoms with E-state index in [1.165, 1.54) is 0 Å². The van der Waals surface area contributed by atoms with Crippen LogP contribution in [0.25, 0.3) is 0 Å². The van der Waals surface area contributed by atoms with Gasteiger partial charge in [0.2, 0.25) is 0 Å². The summed E-state index contributed by atoms with van der Waals surface area (Å²) in [5, 5.41) is 11.4. The van der Waals surface area contributed by atoms with Gasteiger partial charge >= 0.3 is 5.97 Å². The molecule has 1 aliphatic heterocycles. The Hall–Kier alpha value is -0.830. The van der Waals surface area contributed by atoms with Gasteiger partial charge in [-0.2, -0.15) is 0 Å². The first-order chi connectivity index (χ1) is 4.74. The van der Waals surface area contributed by atoms with Gasteiger partial charge in [0.25, 0.3) is 0 Å². The van der Waals surface area contributed by atoms with Crippen LogP contribution in [0.5, 0.6) is 0 Å². The van der Waals surface area contributed by atoms with Crippen LogP contribution < -0.4 is 5.32 Å². The number of hydrogen-bond donors (Lipinski definition) is 2. The highest BCUT2D eigenvalue weighted by Gasteiger charge is 2.26. The molecule has 2 N–H and O–H groups in total. The van der Waals surface area contributed by atoms with Crippen LogP contribution >= 0.6 is 0 Å². The number of rotatable bonds is 2. The molecule has 3 nitrogen and oxygen atoms in total. The van der Waals surface area contributed by atoms with Gasteiger partial charge in [-0.3, -0.25) is 4.79 Å². The summed E-state index contributed by atoms with van der Waals surface area (Å²) < 4.78 is 0. The molecule has 1 saturated heterocycles. The van der Waals surface area contributed by atoms with Crippen LogP contribution in [0.2, 0.25) is 0 Å². The highest BCUT2D eigenvalue weighted by Crippen LogP contribution is 2.14. The summed E-state index contributed by atoms with van der Waals surface area (Å²) in [6.45, 7) is 4.35. The topological polar surface area (TPSA) is 49.3 Å².